The number of halogens is 2. The summed E-state index contributed by atoms with van der Waals surface area (Å²) >= 11 is 0.925. The van der Waals surface area contributed by atoms with Crippen LogP contribution in [0.2, 0.25) is 0 Å². The number of carbonyl (C=O) groups is 2. The van der Waals surface area contributed by atoms with E-state index < -0.39 is 23.1 Å². The Morgan fingerprint density at radius 3 is 2.50 bits per heavy atom. The number of imidazole rings is 1. The van der Waals surface area contributed by atoms with Gasteiger partial charge in [0, 0.05) is 10.9 Å². The smallest absolute Gasteiger partial charge is 0.271 e. The molecule has 4 aromatic rings. The summed E-state index contributed by atoms with van der Waals surface area (Å²) in [5.74, 6) is -2.06. The van der Waals surface area contributed by atoms with E-state index >= 15 is 0 Å². The summed E-state index contributed by atoms with van der Waals surface area (Å²) in [4.78, 5) is 29.1. The quantitative estimate of drug-likeness (QED) is 0.263. The minimum Gasteiger partial charge on any atom is -0.386 e. The zero-order valence-corrected chi connectivity index (χ0v) is 21.7. The second kappa shape index (κ2) is 9.44. The lowest BCUT2D eigenvalue weighted by Crippen LogP contribution is -2.34. The number of rotatable bonds is 8. The van der Waals surface area contributed by atoms with Crippen LogP contribution in [-0.2, 0) is 5.60 Å². The van der Waals surface area contributed by atoms with Crippen molar-refractivity contribution in [3.05, 3.63) is 65.0 Å². The monoisotopic (exact) mass is 540 g/mol. The fraction of sp³-hybridized carbons (Fsp3) is 0.308. The van der Waals surface area contributed by atoms with Crippen LogP contribution in [0.5, 0.6) is 0 Å². The predicted octanol–water partition coefficient (Wildman–Crippen LogP) is 4.33. The molecule has 9 nitrogen and oxygen atoms in total. The number of primary amides is 1. The molecule has 38 heavy (non-hydrogen) atoms. The van der Waals surface area contributed by atoms with Crippen molar-refractivity contribution in [2.45, 2.75) is 45.3 Å². The van der Waals surface area contributed by atoms with Gasteiger partial charge < -0.3 is 21.5 Å². The zero-order chi connectivity index (χ0) is 27.4. The summed E-state index contributed by atoms with van der Waals surface area (Å²) in [6.07, 6.45) is 3.71. The Morgan fingerprint density at radius 1 is 1.21 bits per heavy atom. The molecule has 198 valence electrons. The number of nitrogens with zero attached hydrogens (tertiary/aromatic N) is 3. The average molecular weight is 541 g/mol. The summed E-state index contributed by atoms with van der Waals surface area (Å²) in [5, 5.41) is 20.7. The van der Waals surface area contributed by atoms with Gasteiger partial charge in [-0.25, -0.2) is 18.3 Å². The number of carbonyl (C=O) groups excluding carboxylic acids is 2. The van der Waals surface area contributed by atoms with Crippen LogP contribution >= 0.6 is 11.3 Å². The fourth-order valence-corrected chi connectivity index (χ4v) is 5.24. The number of nitrogens with one attached hydrogen (secondary N) is 2. The first kappa shape index (κ1) is 25.7. The average Bonchev–Trinajstić information content (AvgIpc) is 3.47. The number of thiophene rings is 1. The Labute approximate surface area is 220 Å². The van der Waals surface area contributed by atoms with E-state index in [1.54, 1.807) is 12.1 Å². The van der Waals surface area contributed by atoms with Crippen LogP contribution in [0.3, 0.4) is 0 Å². The highest BCUT2D eigenvalue weighted by Crippen LogP contribution is 2.40. The molecule has 1 aromatic carbocycles. The molecule has 1 fully saturated rings. The zero-order valence-electron chi connectivity index (χ0n) is 20.9. The molecule has 1 saturated carbocycles. The molecule has 1 atom stereocenters. The fourth-order valence-electron chi connectivity index (χ4n) is 4.12. The molecule has 0 aliphatic heterocycles. The number of aromatic nitrogens is 3. The maximum absolute atomic E-state index is 14.9. The van der Waals surface area contributed by atoms with E-state index in [2.05, 4.69) is 20.7 Å². The molecule has 0 radical (unpaired) electrons. The number of hydrogen-bond donors (Lipinski definition) is 4. The predicted molar refractivity (Wildman–Crippen MR) is 139 cm³/mol. The van der Waals surface area contributed by atoms with Crippen molar-refractivity contribution < 1.29 is 23.5 Å². The third-order valence-electron chi connectivity index (χ3n) is 6.47. The van der Waals surface area contributed by atoms with E-state index in [0.29, 0.717) is 17.4 Å². The third-order valence-corrected chi connectivity index (χ3v) is 7.54. The molecule has 0 spiro atoms. The number of hydrogen-bond acceptors (Lipinski definition) is 7. The second-order valence-electron chi connectivity index (χ2n) is 9.96. The van der Waals surface area contributed by atoms with Gasteiger partial charge in [-0.2, -0.15) is 0 Å². The number of aliphatic hydroxyl groups is 1. The van der Waals surface area contributed by atoms with Crippen molar-refractivity contribution in [2.24, 2.45) is 11.7 Å². The maximum atomic E-state index is 14.9. The maximum Gasteiger partial charge on any atom is 0.271 e. The molecule has 5 N–H and O–H groups in total. The molecule has 3 aromatic heterocycles. The van der Waals surface area contributed by atoms with Crippen molar-refractivity contribution in [1.82, 2.24) is 19.9 Å². The van der Waals surface area contributed by atoms with Gasteiger partial charge in [-0.1, -0.05) is 0 Å². The molecule has 1 unspecified atom stereocenters. The molecule has 0 saturated heterocycles. The van der Waals surface area contributed by atoms with Crippen molar-refractivity contribution in [3.8, 4) is 10.4 Å². The van der Waals surface area contributed by atoms with Gasteiger partial charge in [-0.15, -0.1) is 16.4 Å². The van der Waals surface area contributed by atoms with Gasteiger partial charge in [0.25, 0.3) is 11.8 Å². The van der Waals surface area contributed by atoms with Crippen LogP contribution in [0.1, 0.15) is 60.0 Å². The van der Waals surface area contributed by atoms with Crippen LogP contribution in [0.4, 0.5) is 19.6 Å². The topological polar surface area (TPSA) is 135 Å². The van der Waals surface area contributed by atoms with E-state index in [-0.39, 0.29) is 44.2 Å². The number of fused-ring (bicyclic) bond motifs is 1. The van der Waals surface area contributed by atoms with Gasteiger partial charge in [0.15, 0.2) is 11.5 Å². The molecule has 3 heterocycles. The number of nitrogens with two attached hydrogens (primary N) is 1. The molecule has 1 aliphatic carbocycles. The van der Waals surface area contributed by atoms with Crippen molar-refractivity contribution in [1.29, 1.82) is 0 Å². The Morgan fingerprint density at radius 2 is 1.89 bits per heavy atom. The summed E-state index contributed by atoms with van der Waals surface area (Å²) in [5.41, 5.74) is 4.53. The lowest BCUT2D eigenvalue weighted by Gasteiger charge is -2.18. The molecular weight excluding hydrogens is 514 g/mol. The lowest BCUT2D eigenvalue weighted by molar-refractivity contribution is 0.0778. The number of anilines is 2. The summed E-state index contributed by atoms with van der Waals surface area (Å²) in [6.45, 7) is 4.82. The Balaban J connectivity index is 1.43. The normalized spacial score (nSPS) is 14.5. The van der Waals surface area contributed by atoms with E-state index in [4.69, 9.17) is 5.73 Å². The van der Waals surface area contributed by atoms with E-state index in [9.17, 15) is 23.5 Å². The minimum atomic E-state index is -1.44. The first-order valence-corrected chi connectivity index (χ1v) is 12.8. The summed E-state index contributed by atoms with van der Waals surface area (Å²) < 4.78 is 31.3. The Hall–Kier alpha value is -3.90. The summed E-state index contributed by atoms with van der Waals surface area (Å²) in [6, 6.07) is 6.73. The van der Waals surface area contributed by atoms with Gasteiger partial charge in [-0.3, -0.25) is 9.59 Å². The second-order valence-corrected chi connectivity index (χ2v) is 11.0. The lowest BCUT2D eigenvalue weighted by atomic mass is 9.96. The Kier molecular flexibility index (Phi) is 6.40. The van der Waals surface area contributed by atoms with Crippen LogP contribution < -0.4 is 16.4 Å². The van der Waals surface area contributed by atoms with Gasteiger partial charge in [0.1, 0.15) is 22.3 Å². The van der Waals surface area contributed by atoms with E-state index in [0.717, 1.165) is 36.3 Å². The molecule has 5 rings (SSSR count). The van der Waals surface area contributed by atoms with Crippen LogP contribution in [0.15, 0.2) is 36.5 Å². The van der Waals surface area contributed by atoms with Crippen LogP contribution in [0.25, 0.3) is 16.1 Å². The first-order chi connectivity index (χ1) is 17.9. The van der Waals surface area contributed by atoms with Crippen LogP contribution in [-0.4, -0.2) is 37.6 Å². The molecule has 12 heteroatoms. The minimum absolute atomic E-state index is 0.0250. The first-order valence-electron chi connectivity index (χ1n) is 12.0. The van der Waals surface area contributed by atoms with Gasteiger partial charge in [0.05, 0.1) is 22.9 Å². The third kappa shape index (κ3) is 5.09. The molecule has 0 bridgehead atoms. The number of benzene rings is 1. The standard InChI is InChI=1S/C26H26F2N6O3S/c1-12(13-4-5-13)30-24(36)18-11-34-21(31-18)7-6-20(33-34)32-25-15(23(29)35)10-19(38-25)22-16(27)8-14(9-17(22)28)26(2,3)37/h6-13,37H,4-5H2,1-3H3,(H2,29,35)(H,30,36)(H,32,33). The van der Waals surface area contributed by atoms with Crippen LogP contribution in [0, 0.1) is 17.6 Å². The highest BCUT2D eigenvalue weighted by atomic mass is 32.1. The molecular formula is C26H26F2N6O3S. The van der Waals surface area contributed by atoms with Gasteiger partial charge in [0.2, 0.25) is 0 Å². The molecule has 1 aliphatic rings. The van der Waals surface area contributed by atoms with Crippen molar-refractivity contribution in [3.63, 3.8) is 0 Å². The SMILES string of the molecule is CC(NC(=O)c1cn2nc(Nc3sc(-c4c(F)cc(C(C)(C)O)cc4F)cc3C(N)=O)ccc2n1)C1CC1. The molecule has 2 amide bonds. The van der Waals surface area contributed by atoms with Crippen molar-refractivity contribution >= 4 is 39.6 Å². The highest BCUT2D eigenvalue weighted by Gasteiger charge is 2.29. The van der Waals surface area contributed by atoms with Crippen molar-refractivity contribution in [2.75, 3.05) is 5.32 Å². The largest absolute Gasteiger partial charge is 0.386 e. The number of amides is 2. The van der Waals surface area contributed by atoms with Gasteiger partial charge in [-0.05, 0) is 75.4 Å². The summed E-state index contributed by atoms with van der Waals surface area (Å²) in [7, 11) is 0. The van der Waals surface area contributed by atoms with E-state index in [1.165, 1.54) is 30.6 Å². The Bertz CT molecular complexity index is 1550. The highest BCUT2D eigenvalue weighted by molar-refractivity contribution is 7.20. The van der Waals surface area contributed by atoms with E-state index in [1.807, 2.05) is 6.92 Å². The van der Waals surface area contributed by atoms with Gasteiger partial charge >= 0.3 is 0 Å².